The molecule has 0 radical (unpaired) electrons. The van der Waals surface area contributed by atoms with E-state index in [2.05, 4.69) is 10.6 Å². The predicted molar refractivity (Wildman–Crippen MR) is 97.2 cm³/mol. The van der Waals surface area contributed by atoms with Crippen LogP contribution in [-0.4, -0.2) is 38.3 Å². The minimum atomic E-state index is -0.870. The Labute approximate surface area is 147 Å². The van der Waals surface area contributed by atoms with E-state index in [1.165, 1.54) is 24.3 Å². The zero-order valence-electron chi connectivity index (χ0n) is 14.5. The highest BCUT2D eigenvalue weighted by Crippen LogP contribution is 2.13. The molecule has 0 aliphatic carbocycles. The normalized spacial score (nSPS) is 11.7. The summed E-state index contributed by atoms with van der Waals surface area (Å²) in [5.41, 5.74) is 2.82. The first-order valence-electron chi connectivity index (χ1n) is 8.17. The molecule has 0 fully saturated rings. The van der Waals surface area contributed by atoms with E-state index in [1.807, 2.05) is 43.3 Å². The van der Waals surface area contributed by atoms with Crippen LogP contribution in [0.25, 0.3) is 0 Å². The summed E-state index contributed by atoms with van der Waals surface area (Å²) in [6.07, 6.45) is -0.147. The van der Waals surface area contributed by atoms with Gasteiger partial charge in [0.25, 0.3) is 0 Å². The quantitative estimate of drug-likeness (QED) is 0.722. The summed E-state index contributed by atoms with van der Waals surface area (Å²) in [6.45, 7) is 0.564. The molecule has 0 aliphatic rings. The van der Waals surface area contributed by atoms with Crippen molar-refractivity contribution in [1.82, 2.24) is 10.6 Å². The van der Waals surface area contributed by atoms with Crippen LogP contribution in [0.2, 0.25) is 0 Å². The van der Waals surface area contributed by atoms with E-state index >= 15 is 0 Å². The molecule has 0 aliphatic heterocycles. The van der Waals surface area contributed by atoms with Gasteiger partial charge in [-0.3, -0.25) is 0 Å². The van der Waals surface area contributed by atoms with E-state index in [-0.39, 0.29) is 18.4 Å². The lowest BCUT2D eigenvalue weighted by molar-refractivity contribution is 0.173. The molecule has 5 nitrogen and oxygen atoms in total. The van der Waals surface area contributed by atoms with Crippen molar-refractivity contribution in [2.45, 2.75) is 12.5 Å². The fourth-order valence-electron chi connectivity index (χ4n) is 2.34. The van der Waals surface area contributed by atoms with Crippen molar-refractivity contribution >= 4 is 11.7 Å². The molecule has 0 saturated carbocycles. The molecule has 0 saturated heterocycles. The van der Waals surface area contributed by atoms with Crippen LogP contribution in [0, 0.1) is 5.82 Å². The number of benzene rings is 2. The van der Waals surface area contributed by atoms with Crippen LogP contribution < -0.4 is 15.5 Å². The van der Waals surface area contributed by atoms with Crippen molar-refractivity contribution in [3.63, 3.8) is 0 Å². The third-order valence-electron chi connectivity index (χ3n) is 3.86. The van der Waals surface area contributed by atoms with Crippen molar-refractivity contribution in [1.29, 1.82) is 0 Å². The Bertz CT molecular complexity index is 672. The van der Waals surface area contributed by atoms with Gasteiger partial charge in [-0.25, -0.2) is 9.18 Å². The zero-order chi connectivity index (χ0) is 18.2. The number of nitrogens with zero attached hydrogens (tertiary/aromatic N) is 1. The molecule has 0 bridgehead atoms. The van der Waals surface area contributed by atoms with Gasteiger partial charge in [-0.2, -0.15) is 0 Å². The fourth-order valence-corrected chi connectivity index (χ4v) is 2.34. The highest BCUT2D eigenvalue weighted by Gasteiger charge is 2.09. The van der Waals surface area contributed by atoms with E-state index in [0.717, 1.165) is 17.7 Å². The van der Waals surface area contributed by atoms with E-state index in [9.17, 15) is 14.3 Å². The standard InChI is InChI=1S/C19H24FN3O2/c1-23(2)17-9-3-14(4-10-17)11-12-21-19(25)22-13-18(24)15-5-7-16(20)8-6-15/h3-10,18,24H,11-13H2,1-2H3,(H2,21,22,25)/t18-/m1/s1. The van der Waals surface area contributed by atoms with Crippen molar-refractivity contribution in [2.75, 3.05) is 32.1 Å². The van der Waals surface area contributed by atoms with Gasteiger partial charge in [0.2, 0.25) is 0 Å². The van der Waals surface area contributed by atoms with E-state index in [1.54, 1.807) is 0 Å². The first-order valence-corrected chi connectivity index (χ1v) is 8.17. The summed E-state index contributed by atoms with van der Waals surface area (Å²) >= 11 is 0. The summed E-state index contributed by atoms with van der Waals surface area (Å²) in [7, 11) is 3.97. The second kappa shape index (κ2) is 9.03. The van der Waals surface area contributed by atoms with Gasteiger partial charge in [0.1, 0.15) is 5.82 Å². The first kappa shape index (κ1) is 18.7. The third-order valence-corrected chi connectivity index (χ3v) is 3.86. The number of aliphatic hydroxyl groups is 1. The van der Waals surface area contributed by atoms with Crippen LogP contribution in [0.3, 0.4) is 0 Å². The van der Waals surface area contributed by atoms with Gasteiger partial charge < -0.3 is 20.6 Å². The highest BCUT2D eigenvalue weighted by atomic mass is 19.1. The fraction of sp³-hybridized carbons (Fsp3) is 0.316. The number of aliphatic hydroxyl groups excluding tert-OH is 1. The van der Waals surface area contributed by atoms with Crippen LogP contribution in [-0.2, 0) is 6.42 Å². The number of rotatable bonds is 7. The maximum Gasteiger partial charge on any atom is 0.314 e. The van der Waals surface area contributed by atoms with Crippen LogP contribution in [0.15, 0.2) is 48.5 Å². The van der Waals surface area contributed by atoms with E-state index in [0.29, 0.717) is 12.1 Å². The number of carbonyl (C=O) groups excluding carboxylic acids is 1. The number of urea groups is 1. The molecule has 0 spiro atoms. The maximum atomic E-state index is 12.8. The average molecular weight is 345 g/mol. The SMILES string of the molecule is CN(C)c1ccc(CCNC(=O)NC[C@@H](O)c2ccc(F)cc2)cc1. The second-order valence-corrected chi connectivity index (χ2v) is 6.02. The Morgan fingerprint density at radius 2 is 1.72 bits per heavy atom. The van der Waals surface area contributed by atoms with Crippen LogP contribution in [0.1, 0.15) is 17.2 Å². The summed E-state index contributed by atoms with van der Waals surface area (Å²) in [4.78, 5) is 13.8. The molecule has 1 atom stereocenters. The van der Waals surface area contributed by atoms with Crippen molar-refractivity contribution in [3.8, 4) is 0 Å². The lowest BCUT2D eigenvalue weighted by Gasteiger charge is -2.14. The molecule has 2 aromatic carbocycles. The summed E-state index contributed by atoms with van der Waals surface area (Å²) in [6, 6.07) is 13.4. The Morgan fingerprint density at radius 3 is 2.32 bits per heavy atom. The smallest absolute Gasteiger partial charge is 0.314 e. The summed E-state index contributed by atoms with van der Waals surface area (Å²) in [5.74, 6) is -0.361. The molecular weight excluding hydrogens is 321 g/mol. The Morgan fingerprint density at radius 1 is 1.08 bits per heavy atom. The maximum absolute atomic E-state index is 12.8. The number of hydrogen-bond acceptors (Lipinski definition) is 3. The van der Waals surface area contributed by atoms with E-state index < -0.39 is 6.10 Å². The third kappa shape index (κ3) is 6.08. The number of halogens is 1. The number of carbonyl (C=O) groups is 1. The Balaban J connectivity index is 1.69. The molecule has 0 unspecified atom stereocenters. The number of anilines is 1. The lowest BCUT2D eigenvalue weighted by Crippen LogP contribution is -2.38. The predicted octanol–water partition coefficient (Wildman–Crippen LogP) is 2.47. The molecule has 2 amide bonds. The highest BCUT2D eigenvalue weighted by molar-refractivity contribution is 5.73. The van der Waals surface area contributed by atoms with Gasteiger partial charge in [-0.15, -0.1) is 0 Å². The van der Waals surface area contributed by atoms with Crippen molar-refractivity contribution in [3.05, 3.63) is 65.5 Å². The molecule has 2 rings (SSSR count). The molecular formula is C19H24FN3O2. The monoisotopic (exact) mass is 345 g/mol. The Kier molecular flexibility index (Phi) is 6.77. The number of hydrogen-bond donors (Lipinski definition) is 3. The lowest BCUT2D eigenvalue weighted by atomic mass is 10.1. The largest absolute Gasteiger partial charge is 0.387 e. The van der Waals surface area contributed by atoms with Gasteiger partial charge in [0.05, 0.1) is 6.10 Å². The number of amides is 2. The topological polar surface area (TPSA) is 64.6 Å². The van der Waals surface area contributed by atoms with Gasteiger partial charge in [-0.1, -0.05) is 24.3 Å². The van der Waals surface area contributed by atoms with Crippen molar-refractivity contribution in [2.24, 2.45) is 0 Å². The van der Waals surface area contributed by atoms with Crippen LogP contribution in [0.5, 0.6) is 0 Å². The molecule has 0 aromatic heterocycles. The van der Waals surface area contributed by atoms with E-state index in [4.69, 9.17) is 0 Å². The Hall–Kier alpha value is -2.60. The molecule has 6 heteroatoms. The second-order valence-electron chi connectivity index (χ2n) is 6.02. The van der Waals surface area contributed by atoms with Crippen LogP contribution >= 0.6 is 0 Å². The number of nitrogens with one attached hydrogen (secondary N) is 2. The molecule has 3 N–H and O–H groups in total. The molecule has 134 valence electrons. The van der Waals surface area contributed by atoms with Gasteiger partial charge in [0.15, 0.2) is 0 Å². The first-order chi connectivity index (χ1) is 12.0. The van der Waals surface area contributed by atoms with Gasteiger partial charge in [-0.05, 0) is 41.8 Å². The van der Waals surface area contributed by atoms with Gasteiger partial charge in [0, 0.05) is 32.9 Å². The van der Waals surface area contributed by atoms with Gasteiger partial charge >= 0.3 is 6.03 Å². The summed E-state index contributed by atoms with van der Waals surface area (Å²) in [5, 5.41) is 15.3. The zero-order valence-corrected chi connectivity index (χ0v) is 14.5. The van der Waals surface area contributed by atoms with Crippen molar-refractivity contribution < 1.29 is 14.3 Å². The summed E-state index contributed by atoms with van der Waals surface area (Å²) < 4.78 is 12.8. The molecule has 25 heavy (non-hydrogen) atoms. The minimum absolute atomic E-state index is 0.0645. The molecule has 0 heterocycles. The molecule has 2 aromatic rings. The van der Waals surface area contributed by atoms with Crippen LogP contribution in [0.4, 0.5) is 14.9 Å². The minimum Gasteiger partial charge on any atom is -0.387 e. The average Bonchev–Trinajstić information content (AvgIpc) is 2.60.